The summed E-state index contributed by atoms with van der Waals surface area (Å²) in [7, 11) is -2.96. The van der Waals surface area contributed by atoms with Crippen LogP contribution in [0.5, 0.6) is 0 Å². The van der Waals surface area contributed by atoms with Gasteiger partial charge in [0.25, 0.3) is 5.92 Å². The molecule has 3 nitrogen and oxygen atoms in total. The van der Waals surface area contributed by atoms with Crippen LogP contribution in [0.4, 0.5) is 13.2 Å². The minimum Gasteiger partial charge on any atom is -0.892 e. The molecule has 0 amide bonds. The van der Waals surface area contributed by atoms with Crippen molar-refractivity contribution in [2.24, 2.45) is 0 Å². The SMILES string of the molecule is Cc1ccc(C2(B([O-])[O-])C(F)C2(F)F)cn1.[K+].[K+]. The zero-order valence-corrected chi connectivity index (χ0v) is 16.5. The van der Waals surface area contributed by atoms with E-state index in [1.165, 1.54) is 6.07 Å². The first-order valence-corrected chi connectivity index (χ1v) is 4.61. The molecule has 0 radical (unpaired) electrons. The smallest absolute Gasteiger partial charge is 0.892 e. The molecule has 1 heterocycles. The van der Waals surface area contributed by atoms with Crippen molar-refractivity contribution in [1.29, 1.82) is 0 Å². The molecule has 0 bridgehead atoms. The molecule has 0 saturated heterocycles. The van der Waals surface area contributed by atoms with Crippen LogP contribution in [0.3, 0.4) is 0 Å². The predicted octanol–water partition coefficient (Wildman–Crippen LogP) is -6.63. The number of alkyl halides is 3. The number of rotatable bonds is 2. The van der Waals surface area contributed by atoms with Crippen molar-refractivity contribution >= 4 is 7.12 Å². The van der Waals surface area contributed by atoms with Crippen molar-refractivity contribution in [1.82, 2.24) is 4.98 Å². The van der Waals surface area contributed by atoms with Crippen LogP contribution in [0, 0.1) is 6.92 Å². The van der Waals surface area contributed by atoms with Gasteiger partial charge in [-0.25, -0.2) is 13.2 Å². The Hall–Kier alpha value is 2.20. The van der Waals surface area contributed by atoms with E-state index >= 15 is 0 Å². The van der Waals surface area contributed by atoms with E-state index in [1.807, 2.05) is 0 Å². The van der Waals surface area contributed by atoms with Gasteiger partial charge in [-0.3, -0.25) is 4.98 Å². The van der Waals surface area contributed by atoms with Gasteiger partial charge in [0.05, 0.1) is 0 Å². The summed E-state index contributed by atoms with van der Waals surface area (Å²) in [6.07, 6.45) is -1.75. The van der Waals surface area contributed by atoms with E-state index in [0.29, 0.717) is 5.69 Å². The monoisotopic (exact) mass is 307 g/mol. The number of aryl methyl sites for hydroxylation is 1. The van der Waals surface area contributed by atoms with E-state index in [4.69, 9.17) is 0 Å². The second-order valence-corrected chi connectivity index (χ2v) is 3.87. The number of hydrogen-bond donors (Lipinski definition) is 0. The van der Waals surface area contributed by atoms with Crippen molar-refractivity contribution < 1.29 is 126 Å². The minimum atomic E-state index is -3.89. The number of hydrogen-bond acceptors (Lipinski definition) is 3. The van der Waals surface area contributed by atoms with Crippen LogP contribution in [0.25, 0.3) is 0 Å². The molecular formula is C9H7BF3K2NO2. The zero-order valence-electron chi connectivity index (χ0n) is 10.3. The minimum absolute atomic E-state index is 0. The van der Waals surface area contributed by atoms with Crippen molar-refractivity contribution in [2.45, 2.75) is 24.3 Å². The molecule has 1 aromatic heterocycles. The van der Waals surface area contributed by atoms with E-state index < -0.39 is 24.5 Å². The zero-order chi connectivity index (χ0) is 12.1. The van der Waals surface area contributed by atoms with E-state index in [-0.39, 0.29) is 108 Å². The molecule has 0 spiro atoms. The van der Waals surface area contributed by atoms with Crippen LogP contribution < -0.4 is 113 Å². The fourth-order valence-electron chi connectivity index (χ4n) is 1.85. The first-order valence-electron chi connectivity index (χ1n) is 4.61. The van der Waals surface area contributed by atoms with Gasteiger partial charge >= 0.3 is 103 Å². The Balaban J connectivity index is 0.00000144. The summed E-state index contributed by atoms with van der Waals surface area (Å²) in [5.74, 6) is -3.89. The number of pyridine rings is 1. The van der Waals surface area contributed by atoms with Gasteiger partial charge < -0.3 is 10.0 Å². The number of halogens is 3. The Morgan fingerprint density at radius 1 is 1.28 bits per heavy atom. The summed E-state index contributed by atoms with van der Waals surface area (Å²) in [4.78, 5) is 3.69. The van der Waals surface area contributed by atoms with E-state index in [0.717, 1.165) is 12.3 Å². The Bertz CT molecular complexity index is 421. The maximum absolute atomic E-state index is 13.1. The molecule has 86 valence electrons. The van der Waals surface area contributed by atoms with Crippen LogP contribution in [0.1, 0.15) is 11.3 Å². The van der Waals surface area contributed by atoms with Crippen molar-refractivity contribution in [2.75, 3.05) is 0 Å². The van der Waals surface area contributed by atoms with E-state index in [2.05, 4.69) is 4.98 Å². The van der Waals surface area contributed by atoms with Gasteiger partial charge in [0.1, 0.15) is 0 Å². The third-order valence-corrected chi connectivity index (χ3v) is 2.95. The second-order valence-electron chi connectivity index (χ2n) is 3.87. The Labute approximate surface area is 188 Å². The summed E-state index contributed by atoms with van der Waals surface area (Å²) in [6.45, 7) is 1.61. The largest absolute Gasteiger partial charge is 1.00 e. The average molecular weight is 307 g/mol. The molecule has 2 atom stereocenters. The molecule has 2 rings (SSSR count). The van der Waals surface area contributed by atoms with Crippen LogP contribution in [0.2, 0.25) is 0 Å². The van der Waals surface area contributed by atoms with Gasteiger partial charge in [0, 0.05) is 17.2 Å². The first kappa shape index (κ1) is 20.2. The molecule has 2 unspecified atom stereocenters. The Morgan fingerprint density at radius 2 is 1.78 bits per heavy atom. The number of aromatic nitrogens is 1. The summed E-state index contributed by atoms with van der Waals surface area (Å²) in [5.41, 5.74) is 0.206. The van der Waals surface area contributed by atoms with Gasteiger partial charge in [-0.05, 0) is 18.6 Å². The van der Waals surface area contributed by atoms with Crippen molar-refractivity contribution in [3.63, 3.8) is 0 Å². The first-order chi connectivity index (χ1) is 7.35. The van der Waals surface area contributed by atoms with Gasteiger partial charge in [-0.15, -0.1) is 0 Å². The van der Waals surface area contributed by atoms with Gasteiger partial charge in [-0.2, -0.15) is 0 Å². The molecule has 9 heteroatoms. The molecular weight excluding hydrogens is 300 g/mol. The molecule has 18 heavy (non-hydrogen) atoms. The van der Waals surface area contributed by atoms with E-state index in [9.17, 15) is 23.2 Å². The average Bonchev–Trinajstić information content (AvgIpc) is 2.64. The summed E-state index contributed by atoms with van der Waals surface area (Å²) < 4.78 is 39.2. The molecule has 1 aromatic rings. The van der Waals surface area contributed by atoms with Crippen molar-refractivity contribution in [3.05, 3.63) is 29.6 Å². The fraction of sp³-hybridized carbons (Fsp3) is 0.444. The molecule has 1 fully saturated rings. The van der Waals surface area contributed by atoms with E-state index in [1.54, 1.807) is 6.92 Å². The quantitative estimate of drug-likeness (QED) is 0.511. The fourth-order valence-corrected chi connectivity index (χ4v) is 1.85. The molecule has 1 saturated carbocycles. The van der Waals surface area contributed by atoms with Crippen LogP contribution in [0.15, 0.2) is 18.3 Å². The molecule has 0 aromatic carbocycles. The normalized spacial score (nSPS) is 27.8. The number of nitrogens with zero attached hydrogens (tertiary/aromatic N) is 1. The summed E-state index contributed by atoms with van der Waals surface area (Å²) in [5, 5.41) is 18.9. The van der Waals surface area contributed by atoms with Crippen LogP contribution in [-0.4, -0.2) is 24.2 Å². The molecule has 0 aliphatic heterocycles. The predicted molar refractivity (Wildman–Crippen MR) is 46.2 cm³/mol. The maximum atomic E-state index is 13.1. The van der Waals surface area contributed by atoms with Gasteiger partial charge in [0.2, 0.25) is 0 Å². The van der Waals surface area contributed by atoms with Crippen molar-refractivity contribution in [3.8, 4) is 0 Å². The van der Waals surface area contributed by atoms with Gasteiger partial charge in [0.15, 0.2) is 6.17 Å². The second kappa shape index (κ2) is 6.97. The Morgan fingerprint density at radius 3 is 2.06 bits per heavy atom. The van der Waals surface area contributed by atoms with Crippen LogP contribution in [-0.2, 0) is 5.31 Å². The summed E-state index contributed by atoms with van der Waals surface area (Å²) >= 11 is 0. The third kappa shape index (κ3) is 2.88. The third-order valence-electron chi connectivity index (χ3n) is 2.95. The maximum Gasteiger partial charge on any atom is 1.00 e. The van der Waals surface area contributed by atoms with Gasteiger partial charge in [-0.1, -0.05) is 13.2 Å². The molecule has 1 aliphatic carbocycles. The Kier molecular flexibility index (Phi) is 7.82. The molecule has 1 aliphatic rings. The topological polar surface area (TPSA) is 59.0 Å². The van der Waals surface area contributed by atoms with Crippen LogP contribution >= 0.6 is 0 Å². The standard InChI is InChI=1S/C9H7BF3NO2.2K/c1-5-2-3-6(4-14-5)8(10(15)16)7(11)9(8,12)13;;/h2-4,7H,1H3;;/q-2;2*+1. The summed E-state index contributed by atoms with van der Waals surface area (Å²) in [6, 6.07) is 2.51. The molecule has 0 N–H and O–H groups in total.